The Morgan fingerprint density at radius 2 is 1.93 bits per heavy atom. The van der Waals surface area contributed by atoms with Crippen molar-refractivity contribution in [1.82, 2.24) is 25.3 Å². The minimum Gasteiger partial charge on any atom is -0.355 e. The summed E-state index contributed by atoms with van der Waals surface area (Å²) in [4.78, 5) is 29.4. The van der Waals surface area contributed by atoms with Crippen LogP contribution in [0.15, 0.2) is 0 Å². The molecule has 1 atom stereocenters. The SMILES string of the molecule is CCc1[nH]nc(C(=O)N2CCC(CCC(=O)NC[C@@H]3CCCN3CC)CC2)c1C. The number of aromatic amines is 1. The first-order valence-electron chi connectivity index (χ1n) is 11.4. The molecule has 0 bridgehead atoms. The Labute approximate surface area is 174 Å². The van der Waals surface area contributed by atoms with E-state index in [-0.39, 0.29) is 11.8 Å². The predicted octanol–water partition coefficient (Wildman–Crippen LogP) is 2.51. The standard InChI is InChI=1S/C22H37N5O2/c1-4-19-16(3)21(25-24-19)22(29)27-13-10-17(11-14-27)8-9-20(28)23-15-18-7-6-12-26(18)5-2/h17-18H,4-15H2,1-3H3,(H,23,28)(H,24,25)/t18-/m0/s1. The molecule has 162 valence electrons. The first-order valence-corrected chi connectivity index (χ1v) is 11.4. The molecule has 2 fully saturated rings. The van der Waals surface area contributed by atoms with Gasteiger partial charge in [-0.2, -0.15) is 5.10 Å². The fraction of sp³-hybridized carbons (Fsp3) is 0.773. The molecule has 0 radical (unpaired) electrons. The molecule has 0 unspecified atom stereocenters. The third kappa shape index (κ3) is 5.38. The Balaban J connectivity index is 1.37. The molecule has 0 saturated carbocycles. The molecule has 2 saturated heterocycles. The zero-order valence-electron chi connectivity index (χ0n) is 18.3. The second-order valence-electron chi connectivity index (χ2n) is 8.53. The van der Waals surface area contributed by atoms with E-state index in [0.717, 1.165) is 69.7 Å². The van der Waals surface area contributed by atoms with Gasteiger partial charge in [0.15, 0.2) is 5.69 Å². The summed E-state index contributed by atoms with van der Waals surface area (Å²) >= 11 is 0. The molecule has 2 N–H and O–H groups in total. The van der Waals surface area contributed by atoms with Gasteiger partial charge in [0.1, 0.15) is 0 Å². The summed E-state index contributed by atoms with van der Waals surface area (Å²) in [6.45, 7) is 10.7. The van der Waals surface area contributed by atoms with Crippen molar-refractivity contribution in [3.63, 3.8) is 0 Å². The van der Waals surface area contributed by atoms with Crippen LogP contribution in [0.1, 0.15) is 74.1 Å². The number of piperidine rings is 1. The van der Waals surface area contributed by atoms with Gasteiger partial charge in [-0.25, -0.2) is 0 Å². The number of nitrogens with one attached hydrogen (secondary N) is 2. The number of carbonyl (C=O) groups excluding carboxylic acids is 2. The van der Waals surface area contributed by atoms with Crippen molar-refractivity contribution in [2.75, 3.05) is 32.7 Å². The van der Waals surface area contributed by atoms with Crippen LogP contribution in [0.5, 0.6) is 0 Å². The minimum atomic E-state index is 0.0340. The Morgan fingerprint density at radius 3 is 2.59 bits per heavy atom. The summed E-state index contributed by atoms with van der Waals surface area (Å²) in [5.74, 6) is 0.729. The number of carbonyl (C=O) groups is 2. The number of H-pyrrole nitrogens is 1. The van der Waals surface area contributed by atoms with Gasteiger partial charge in [-0.3, -0.25) is 19.6 Å². The molecule has 7 nitrogen and oxygen atoms in total. The summed E-state index contributed by atoms with van der Waals surface area (Å²) in [5, 5.41) is 10.3. The highest BCUT2D eigenvalue weighted by Crippen LogP contribution is 2.24. The van der Waals surface area contributed by atoms with Crippen LogP contribution in [0.2, 0.25) is 0 Å². The van der Waals surface area contributed by atoms with Crippen LogP contribution >= 0.6 is 0 Å². The molecule has 0 aromatic carbocycles. The van der Waals surface area contributed by atoms with Crippen LogP contribution in [0.3, 0.4) is 0 Å². The number of aryl methyl sites for hydroxylation is 1. The molecular formula is C22H37N5O2. The average Bonchev–Trinajstić information content (AvgIpc) is 3.36. The lowest BCUT2D eigenvalue weighted by molar-refractivity contribution is -0.121. The molecular weight excluding hydrogens is 366 g/mol. The summed E-state index contributed by atoms with van der Waals surface area (Å²) in [6.07, 6.45) is 6.73. The quantitative estimate of drug-likeness (QED) is 0.699. The summed E-state index contributed by atoms with van der Waals surface area (Å²) in [5.41, 5.74) is 2.57. The highest BCUT2D eigenvalue weighted by Gasteiger charge is 2.27. The van der Waals surface area contributed by atoms with E-state index in [1.54, 1.807) is 0 Å². The molecule has 29 heavy (non-hydrogen) atoms. The molecule has 1 aromatic rings. The smallest absolute Gasteiger partial charge is 0.274 e. The molecule has 0 aliphatic carbocycles. The van der Waals surface area contributed by atoms with Crippen molar-refractivity contribution >= 4 is 11.8 Å². The third-order valence-corrected chi connectivity index (χ3v) is 6.79. The van der Waals surface area contributed by atoms with Crippen molar-refractivity contribution in [3.05, 3.63) is 17.0 Å². The molecule has 1 aromatic heterocycles. The van der Waals surface area contributed by atoms with Crippen molar-refractivity contribution in [2.24, 2.45) is 5.92 Å². The van der Waals surface area contributed by atoms with Gasteiger partial charge in [-0.05, 0) is 64.5 Å². The second kappa shape index (κ2) is 10.2. The summed E-state index contributed by atoms with van der Waals surface area (Å²) in [7, 11) is 0. The summed E-state index contributed by atoms with van der Waals surface area (Å²) in [6, 6.07) is 0.511. The molecule has 2 amide bonds. The molecule has 7 heteroatoms. The van der Waals surface area contributed by atoms with Gasteiger partial charge in [-0.15, -0.1) is 0 Å². The van der Waals surface area contributed by atoms with E-state index in [4.69, 9.17) is 0 Å². The average molecular weight is 404 g/mol. The minimum absolute atomic E-state index is 0.0340. The Kier molecular flexibility index (Phi) is 7.70. The van der Waals surface area contributed by atoms with Crippen molar-refractivity contribution < 1.29 is 9.59 Å². The maximum absolute atomic E-state index is 12.8. The highest BCUT2D eigenvalue weighted by atomic mass is 16.2. The van der Waals surface area contributed by atoms with Gasteiger partial charge in [0.05, 0.1) is 0 Å². The maximum Gasteiger partial charge on any atom is 0.274 e. The largest absolute Gasteiger partial charge is 0.355 e. The summed E-state index contributed by atoms with van der Waals surface area (Å²) < 4.78 is 0. The molecule has 0 spiro atoms. The van der Waals surface area contributed by atoms with E-state index in [1.165, 1.54) is 12.8 Å². The number of aromatic nitrogens is 2. The first kappa shape index (κ1) is 21.8. The highest BCUT2D eigenvalue weighted by molar-refractivity contribution is 5.94. The number of hydrogen-bond donors (Lipinski definition) is 2. The molecule has 2 aliphatic rings. The van der Waals surface area contributed by atoms with E-state index in [9.17, 15) is 9.59 Å². The lowest BCUT2D eigenvalue weighted by Gasteiger charge is -2.31. The van der Waals surface area contributed by atoms with Crippen LogP contribution < -0.4 is 5.32 Å². The molecule has 2 aliphatic heterocycles. The molecule has 3 heterocycles. The van der Waals surface area contributed by atoms with E-state index in [1.807, 2.05) is 11.8 Å². The number of nitrogens with zero attached hydrogens (tertiary/aromatic N) is 3. The number of likely N-dealkylation sites (tertiary alicyclic amines) is 2. The zero-order chi connectivity index (χ0) is 20.8. The molecule has 3 rings (SSSR count). The Bertz CT molecular complexity index is 693. The van der Waals surface area contributed by atoms with Crippen LogP contribution in [-0.4, -0.2) is 70.6 Å². The predicted molar refractivity (Wildman–Crippen MR) is 114 cm³/mol. The van der Waals surface area contributed by atoms with E-state index in [0.29, 0.717) is 24.1 Å². The number of hydrogen-bond acceptors (Lipinski definition) is 4. The van der Waals surface area contributed by atoms with E-state index >= 15 is 0 Å². The van der Waals surface area contributed by atoms with E-state index < -0.39 is 0 Å². The maximum atomic E-state index is 12.8. The van der Waals surface area contributed by atoms with Gasteiger partial charge in [-0.1, -0.05) is 13.8 Å². The van der Waals surface area contributed by atoms with Crippen molar-refractivity contribution in [1.29, 1.82) is 0 Å². The van der Waals surface area contributed by atoms with Gasteiger partial charge in [0, 0.05) is 43.4 Å². The van der Waals surface area contributed by atoms with Gasteiger partial charge < -0.3 is 10.2 Å². The number of amides is 2. The van der Waals surface area contributed by atoms with Crippen LogP contribution in [-0.2, 0) is 11.2 Å². The van der Waals surface area contributed by atoms with Crippen LogP contribution in [0.25, 0.3) is 0 Å². The number of likely N-dealkylation sites (N-methyl/N-ethyl adjacent to an activating group) is 1. The third-order valence-electron chi connectivity index (χ3n) is 6.79. The first-order chi connectivity index (χ1) is 14.0. The fourth-order valence-electron chi connectivity index (χ4n) is 4.76. The number of rotatable bonds is 8. The van der Waals surface area contributed by atoms with E-state index in [2.05, 4.69) is 34.3 Å². The topological polar surface area (TPSA) is 81.3 Å². The van der Waals surface area contributed by atoms with Crippen LogP contribution in [0.4, 0.5) is 0 Å². The normalized spacial score (nSPS) is 20.9. The zero-order valence-corrected chi connectivity index (χ0v) is 18.3. The van der Waals surface area contributed by atoms with Crippen molar-refractivity contribution in [3.8, 4) is 0 Å². The Hall–Kier alpha value is -1.89. The second-order valence-corrected chi connectivity index (χ2v) is 8.53. The van der Waals surface area contributed by atoms with Gasteiger partial charge in [0.2, 0.25) is 5.91 Å². The monoisotopic (exact) mass is 403 g/mol. The van der Waals surface area contributed by atoms with Crippen LogP contribution in [0, 0.1) is 12.8 Å². The Morgan fingerprint density at radius 1 is 1.17 bits per heavy atom. The lowest BCUT2D eigenvalue weighted by Crippen LogP contribution is -2.40. The lowest BCUT2D eigenvalue weighted by atomic mass is 9.91. The van der Waals surface area contributed by atoms with Crippen molar-refractivity contribution in [2.45, 2.75) is 71.8 Å². The van der Waals surface area contributed by atoms with Gasteiger partial charge >= 0.3 is 0 Å². The fourth-order valence-corrected chi connectivity index (χ4v) is 4.76. The van der Waals surface area contributed by atoms with Gasteiger partial charge in [0.25, 0.3) is 5.91 Å².